The predicted molar refractivity (Wildman–Crippen MR) is 147 cm³/mol. The third kappa shape index (κ3) is 4.53. The smallest absolute Gasteiger partial charge is 0.305 e. The molecular formula is C28H21N3O6S2. The van der Waals surface area contributed by atoms with E-state index in [9.17, 15) is 24.5 Å². The fourth-order valence-electron chi connectivity index (χ4n) is 4.98. The van der Waals surface area contributed by atoms with E-state index >= 15 is 0 Å². The number of amides is 2. The van der Waals surface area contributed by atoms with Gasteiger partial charge < -0.3 is 9.72 Å². The Morgan fingerprint density at radius 2 is 1.64 bits per heavy atom. The van der Waals surface area contributed by atoms with Crippen molar-refractivity contribution in [2.24, 2.45) is 5.92 Å². The van der Waals surface area contributed by atoms with Gasteiger partial charge in [-0.05, 0) is 42.3 Å². The van der Waals surface area contributed by atoms with Crippen LogP contribution in [0.1, 0.15) is 27.5 Å². The number of hydrogen-bond acceptors (Lipinski definition) is 8. The summed E-state index contributed by atoms with van der Waals surface area (Å²) in [6, 6.07) is 20.8. The molecule has 0 radical (unpaired) electrons. The molecule has 4 aromatic rings. The first-order valence-electron chi connectivity index (χ1n) is 12.1. The molecule has 2 aliphatic rings. The van der Waals surface area contributed by atoms with E-state index in [-0.39, 0.29) is 16.2 Å². The average Bonchev–Trinajstić information content (AvgIpc) is 3.43. The zero-order valence-corrected chi connectivity index (χ0v) is 22.2. The van der Waals surface area contributed by atoms with Crippen molar-refractivity contribution in [3.05, 3.63) is 114 Å². The number of aromatic amines is 1. The van der Waals surface area contributed by atoms with Crippen LogP contribution in [0.4, 0.5) is 11.4 Å². The highest BCUT2D eigenvalue weighted by Crippen LogP contribution is 2.53. The Labute approximate surface area is 230 Å². The molecule has 3 aromatic carbocycles. The fourth-order valence-corrected chi connectivity index (χ4v) is 7.49. The summed E-state index contributed by atoms with van der Waals surface area (Å²) in [6.45, 7) is 2.43. The molecule has 0 saturated carbocycles. The highest BCUT2D eigenvalue weighted by Gasteiger charge is 2.56. The lowest BCUT2D eigenvalue weighted by molar-refractivity contribution is -0.384. The number of aryl methyl sites for hydroxylation is 1. The van der Waals surface area contributed by atoms with Crippen LogP contribution in [-0.2, 0) is 16.2 Å². The first-order chi connectivity index (χ1) is 18.8. The minimum absolute atomic E-state index is 0.132. The van der Waals surface area contributed by atoms with Gasteiger partial charge in [-0.25, -0.2) is 4.90 Å². The summed E-state index contributed by atoms with van der Waals surface area (Å²) < 4.78 is 5.94. The molecule has 3 heterocycles. The number of nitrogens with one attached hydrogen (secondary N) is 1. The third-order valence-electron chi connectivity index (χ3n) is 6.91. The van der Waals surface area contributed by atoms with E-state index in [1.807, 2.05) is 55.5 Å². The number of nitro benzene ring substituents is 1. The Bertz CT molecular complexity index is 1640. The van der Waals surface area contributed by atoms with Gasteiger partial charge in [0.15, 0.2) is 0 Å². The van der Waals surface area contributed by atoms with Gasteiger partial charge in [0.1, 0.15) is 17.6 Å². The summed E-state index contributed by atoms with van der Waals surface area (Å²) in [6.07, 6.45) is 0. The average molecular weight is 560 g/mol. The molecule has 2 amide bonds. The van der Waals surface area contributed by atoms with Gasteiger partial charge in [0, 0.05) is 22.9 Å². The molecule has 39 heavy (non-hydrogen) atoms. The SMILES string of the molecule is Cc1ccc(COc2ccc([C@@H]3c4sc(=O)[nH]c4S[C@H]4C(=O)N(c5ccc([N+](=O)[O-])cc5)C(=O)[C@@H]34)cc2)cc1. The number of carbonyl (C=O) groups excluding carboxylic acids is 2. The monoisotopic (exact) mass is 559 g/mol. The van der Waals surface area contributed by atoms with E-state index in [2.05, 4.69) is 4.98 Å². The molecule has 9 nitrogen and oxygen atoms in total. The maximum absolute atomic E-state index is 13.8. The number of ether oxygens (including phenoxy) is 1. The lowest BCUT2D eigenvalue weighted by atomic mass is 9.83. The van der Waals surface area contributed by atoms with Crippen LogP contribution in [-0.4, -0.2) is 27.0 Å². The first-order valence-corrected chi connectivity index (χ1v) is 13.8. The Hall–Kier alpha value is -4.22. The van der Waals surface area contributed by atoms with Crippen LogP contribution in [0.15, 0.2) is 82.6 Å². The molecule has 0 bridgehead atoms. The van der Waals surface area contributed by atoms with Gasteiger partial charge in [0.05, 0.1) is 21.6 Å². The Morgan fingerprint density at radius 1 is 0.949 bits per heavy atom. The topological polar surface area (TPSA) is 123 Å². The van der Waals surface area contributed by atoms with E-state index in [1.165, 1.54) is 41.6 Å². The number of hydrogen-bond donors (Lipinski definition) is 1. The van der Waals surface area contributed by atoms with Crippen LogP contribution >= 0.6 is 23.1 Å². The largest absolute Gasteiger partial charge is 0.489 e. The predicted octanol–water partition coefficient (Wildman–Crippen LogP) is 5.03. The summed E-state index contributed by atoms with van der Waals surface area (Å²) >= 11 is 2.23. The van der Waals surface area contributed by atoms with Crippen LogP contribution in [0, 0.1) is 23.0 Å². The molecule has 1 aromatic heterocycles. The van der Waals surface area contributed by atoms with Gasteiger partial charge in [-0.1, -0.05) is 65.1 Å². The van der Waals surface area contributed by atoms with Gasteiger partial charge in [0.2, 0.25) is 11.8 Å². The maximum Gasteiger partial charge on any atom is 0.305 e. The normalized spacial score (nSPS) is 20.0. The van der Waals surface area contributed by atoms with Crippen LogP contribution in [0.25, 0.3) is 0 Å². The van der Waals surface area contributed by atoms with Crippen LogP contribution in [0.2, 0.25) is 0 Å². The Kier molecular flexibility index (Phi) is 6.32. The molecule has 3 atom stereocenters. The van der Waals surface area contributed by atoms with Crippen molar-refractivity contribution in [3.63, 3.8) is 0 Å². The van der Waals surface area contributed by atoms with Crippen molar-refractivity contribution >= 4 is 46.3 Å². The molecule has 2 aliphatic heterocycles. The van der Waals surface area contributed by atoms with E-state index in [1.54, 1.807) is 0 Å². The van der Waals surface area contributed by atoms with Crippen molar-refractivity contribution in [2.75, 3.05) is 4.90 Å². The number of imide groups is 1. The highest BCUT2D eigenvalue weighted by atomic mass is 32.2. The minimum Gasteiger partial charge on any atom is -0.489 e. The minimum atomic E-state index is -0.743. The number of benzene rings is 3. The number of anilines is 1. The molecule has 6 rings (SSSR count). The van der Waals surface area contributed by atoms with Gasteiger partial charge in [0.25, 0.3) is 5.69 Å². The molecule has 11 heteroatoms. The Morgan fingerprint density at radius 3 is 2.31 bits per heavy atom. The highest BCUT2D eigenvalue weighted by molar-refractivity contribution is 8.00. The molecule has 0 unspecified atom stereocenters. The van der Waals surface area contributed by atoms with Crippen molar-refractivity contribution in [2.45, 2.75) is 29.7 Å². The van der Waals surface area contributed by atoms with Gasteiger partial charge >= 0.3 is 4.87 Å². The quantitative estimate of drug-likeness (QED) is 0.200. The molecule has 1 fully saturated rings. The summed E-state index contributed by atoms with van der Waals surface area (Å²) in [5.74, 6) is -1.41. The number of aromatic nitrogens is 1. The number of carbonyl (C=O) groups is 2. The van der Waals surface area contributed by atoms with E-state index in [0.717, 1.165) is 27.4 Å². The molecule has 0 spiro atoms. The first kappa shape index (κ1) is 25.1. The number of thiazole rings is 1. The number of rotatable bonds is 6. The summed E-state index contributed by atoms with van der Waals surface area (Å²) in [5.41, 5.74) is 3.15. The molecular weight excluding hydrogens is 538 g/mol. The van der Waals surface area contributed by atoms with Crippen LogP contribution in [0.3, 0.4) is 0 Å². The standard InChI is InChI=1S/C28H21N3O6S2/c1-15-2-4-16(5-3-15)14-37-20-12-6-17(7-13-20)21-22-24(38-25-23(21)39-28(34)29-25)27(33)30(26(22)32)18-8-10-19(11-9-18)31(35)36/h2-13,21-22,24H,14H2,1H3,(H,29,34)/t21-,22-,24+/m0/s1. The van der Waals surface area contributed by atoms with E-state index in [4.69, 9.17) is 4.74 Å². The number of nitro groups is 1. The summed E-state index contributed by atoms with van der Waals surface area (Å²) in [7, 11) is 0. The van der Waals surface area contributed by atoms with Crippen molar-refractivity contribution < 1.29 is 19.2 Å². The number of H-pyrrole nitrogens is 1. The number of fused-ring (bicyclic) bond motifs is 2. The second-order valence-electron chi connectivity index (χ2n) is 9.38. The van der Waals surface area contributed by atoms with Gasteiger partial charge in [-0.2, -0.15) is 0 Å². The van der Waals surface area contributed by atoms with E-state index < -0.39 is 33.8 Å². The van der Waals surface area contributed by atoms with Crippen molar-refractivity contribution in [3.8, 4) is 5.75 Å². The third-order valence-corrected chi connectivity index (χ3v) is 9.31. The zero-order chi connectivity index (χ0) is 27.3. The summed E-state index contributed by atoms with van der Waals surface area (Å²) in [5, 5.41) is 10.9. The zero-order valence-electron chi connectivity index (χ0n) is 20.5. The number of non-ortho nitro benzene ring substituents is 1. The number of thioether (sulfide) groups is 1. The van der Waals surface area contributed by atoms with Gasteiger partial charge in [-0.3, -0.25) is 24.5 Å². The van der Waals surface area contributed by atoms with Crippen LogP contribution < -0.4 is 14.5 Å². The molecule has 1 saturated heterocycles. The second kappa shape index (κ2) is 9.83. The molecule has 1 N–H and O–H groups in total. The molecule has 0 aliphatic carbocycles. The lowest BCUT2D eigenvalue weighted by Crippen LogP contribution is -2.32. The van der Waals surface area contributed by atoms with E-state index in [0.29, 0.717) is 22.3 Å². The number of nitrogens with zero attached hydrogens (tertiary/aromatic N) is 2. The summed E-state index contributed by atoms with van der Waals surface area (Å²) in [4.78, 5) is 54.5. The maximum atomic E-state index is 13.8. The van der Waals surface area contributed by atoms with Gasteiger partial charge in [-0.15, -0.1) is 0 Å². The lowest BCUT2D eigenvalue weighted by Gasteiger charge is -2.29. The molecule has 196 valence electrons. The Balaban J connectivity index is 1.31. The van der Waals surface area contributed by atoms with Crippen LogP contribution in [0.5, 0.6) is 5.75 Å². The second-order valence-corrected chi connectivity index (χ2v) is 11.5. The van der Waals surface area contributed by atoms with Crippen molar-refractivity contribution in [1.82, 2.24) is 4.98 Å². The fraction of sp³-hybridized carbons (Fsp3) is 0.179. The van der Waals surface area contributed by atoms with Crippen molar-refractivity contribution in [1.29, 1.82) is 0 Å².